The van der Waals surface area contributed by atoms with Crippen LogP contribution in [0.1, 0.15) is 22.3 Å². The van der Waals surface area contributed by atoms with Crippen LogP contribution >= 0.6 is 0 Å². The molecular weight excluding hydrogens is 340 g/mol. The number of carbonyl (C=O) groups excluding carboxylic acids is 1. The van der Waals surface area contributed by atoms with Crippen molar-refractivity contribution >= 4 is 5.91 Å². The number of rotatable bonds is 7. The van der Waals surface area contributed by atoms with Crippen LogP contribution in [-0.4, -0.2) is 48.2 Å². The lowest BCUT2D eigenvalue weighted by atomic mass is 10.1. The van der Waals surface area contributed by atoms with E-state index in [1.54, 1.807) is 12.1 Å². The van der Waals surface area contributed by atoms with Crippen LogP contribution in [0, 0.1) is 6.92 Å². The number of nitrogens with zero attached hydrogens (tertiary/aromatic N) is 3. The third kappa shape index (κ3) is 5.01. The second kappa shape index (κ2) is 8.60. The molecule has 3 aromatic rings. The Bertz CT molecular complexity index is 901. The van der Waals surface area contributed by atoms with E-state index in [1.165, 1.54) is 0 Å². The highest BCUT2D eigenvalue weighted by Gasteiger charge is 2.12. The van der Waals surface area contributed by atoms with Gasteiger partial charge in [0.15, 0.2) is 0 Å². The van der Waals surface area contributed by atoms with Crippen molar-refractivity contribution in [2.75, 3.05) is 27.2 Å². The summed E-state index contributed by atoms with van der Waals surface area (Å²) in [5.41, 5.74) is 3.42. The van der Waals surface area contributed by atoms with Gasteiger partial charge in [-0.25, -0.2) is 0 Å². The average molecular weight is 364 g/mol. The van der Waals surface area contributed by atoms with Gasteiger partial charge < -0.3 is 14.6 Å². The Kier molecular flexibility index (Phi) is 5.98. The van der Waals surface area contributed by atoms with Crippen molar-refractivity contribution in [3.05, 3.63) is 59.7 Å². The standard InChI is InChI=1S/C21H24N4O2/c1-15-6-4-7-18(14-15)21-24-23-20(27-21)17-10-8-16(9-11-17)19(26)22-12-5-13-25(2)3/h4,6-11,14H,5,12-13H2,1-3H3,(H,22,26). The minimum Gasteiger partial charge on any atom is -0.416 e. The van der Waals surface area contributed by atoms with Crippen LogP contribution in [0.2, 0.25) is 0 Å². The maximum absolute atomic E-state index is 12.2. The van der Waals surface area contributed by atoms with E-state index < -0.39 is 0 Å². The summed E-state index contributed by atoms with van der Waals surface area (Å²) >= 11 is 0. The third-order valence-corrected chi connectivity index (χ3v) is 4.15. The highest BCUT2D eigenvalue weighted by atomic mass is 16.4. The van der Waals surface area contributed by atoms with Crippen LogP contribution in [0.25, 0.3) is 22.9 Å². The molecule has 27 heavy (non-hydrogen) atoms. The van der Waals surface area contributed by atoms with Gasteiger partial charge in [-0.3, -0.25) is 4.79 Å². The first-order valence-electron chi connectivity index (χ1n) is 8.97. The van der Waals surface area contributed by atoms with E-state index in [9.17, 15) is 4.79 Å². The molecule has 0 bridgehead atoms. The summed E-state index contributed by atoms with van der Waals surface area (Å²) in [6, 6.07) is 15.1. The summed E-state index contributed by atoms with van der Waals surface area (Å²) in [4.78, 5) is 14.3. The number of aromatic nitrogens is 2. The number of carbonyl (C=O) groups is 1. The Balaban J connectivity index is 1.64. The molecule has 0 saturated carbocycles. The Morgan fingerprint density at radius 3 is 2.41 bits per heavy atom. The molecule has 2 aromatic carbocycles. The Labute approximate surface area is 159 Å². The molecule has 3 rings (SSSR count). The van der Waals surface area contributed by atoms with E-state index in [0.29, 0.717) is 23.9 Å². The topological polar surface area (TPSA) is 71.3 Å². The molecule has 0 saturated heterocycles. The lowest BCUT2D eigenvalue weighted by molar-refractivity contribution is 0.0952. The second-order valence-corrected chi connectivity index (χ2v) is 6.77. The predicted octanol–water partition coefficient (Wildman–Crippen LogP) is 3.39. The van der Waals surface area contributed by atoms with E-state index in [1.807, 2.05) is 57.4 Å². The minimum absolute atomic E-state index is 0.0775. The summed E-state index contributed by atoms with van der Waals surface area (Å²) in [6.07, 6.45) is 0.917. The van der Waals surface area contributed by atoms with Gasteiger partial charge in [-0.2, -0.15) is 0 Å². The third-order valence-electron chi connectivity index (χ3n) is 4.15. The molecule has 1 amide bonds. The summed E-state index contributed by atoms with van der Waals surface area (Å²) in [7, 11) is 4.03. The molecule has 0 aliphatic carbocycles. The summed E-state index contributed by atoms with van der Waals surface area (Å²) in [5, 5.41) is 11.2. The zero-order chi connectivity index (χ0) is 19.2. The molecule has 140 valence electrons. The largest absolute Gasteiger partial charge is 0.416 e. The summed E-state index contributed by atoms with van der Waals surface area (Å²) in [6.45, 7) is 3.62. The van der Waals surface area contributed by atoms with Gasteiger partial charge in [0.1, 0.15) is 0 Å². The first-order chi connectivity index (χ1) is 13.0. The lowest BCUT2D eigenvalue weighted by Crippen LogP contribution is -2.27. The molecule has 1 heterocycles. The predicted molar refractivity (Wildman–Crippen MR) is 105 cm³/mol. The van der Waals surface area contributed by atoms with Crippen LogP contribution in [0.4, 0.5) is 0 Å². The van der Waals surface area contributed by atoms with Crippen molar-refractivity contribution in [3.63, 3.8) is 0 Å². The zero-order valence-corrected chi connectivity index (χ0v) is 15.9. The van der Waals surface area contributed by atoms with Crippen LogP contribution in [-0.2, 0) is 0 Å². The summed E-state index contributed by atoms with van der Waals surface area (Å²) < 4.78 is 5.79. The fourth-order valence-corrected chi connectivity index (χ4v) is 2.70. The van der Waals surface area contributed by atoms with Crippen LogP contribution in [0.15, 0.2) is 52.9 Å². The minimum atomic E-state index is -0.0775. The van der Waals surface area contributed by atoms with Gasteiger partial charge in [0.2, 0.25) is 11.8 Å². The van der Waals surface area contributed by atoms with Crippen molar-refractivity contribution in [2.24, 2.45) is 0 Å². The molecule has 1 N–H and O–H groups in total. The Morgan fingerprint density at radius 2 is 1.74 bits per heavy atom. The quantitative estimate of drug-likeness (QED) is 0.651. The van der Waals surface area contributed by atoms with Gasteiger partial charge in [-0.05, 0) is 70.4 Å². The molecule has 0 aliphatic rings. The van der Waals surface area contributed by atoms with Crippen molar-refractivity contribution in [3.8, 4) is 22.9 Å². The fourth-order valence-electron chi connectivity index (χ4n) is 2.70. The molecule has 0 aliphatic heterocycles. The molecular formula is C21H24N4O2. The molecule has 6 nitrogen and oxygen atoms in total. The average Bonchev–Trinajstić information content (AvgIpc) is 3.15. The number of hydrogen-bond donors (Lipinski definition) is 1. The molecule has 6 heteroatoms. The van der Waals surface area contributed by atoms with E-state index in [-0.39, 0.29) is 5.91 Å². The molecule has 0 fully saturated rings. The first kappa shape index (κ1) is 18.8. The molecule has 0 atom stereocenters. The monoisotopic (exact) mass is 364 g/mol. The zero-order valence-electron chi connectivity index (χ0n) is 15.9. The lowest BCUT2D eigenvalue weighted by Gasteiger charge is -2.10. The Morgan fingerprint density at radius 1 is 1.04 bits per heavy atom. The highest BCUT2D eigenvalue weighted by molar-refractivity contribution is 5.94. The maximum atomic E-state index is 12.2. The molecule has 0 unspecified atom stereocenters. The molecule has 0 radical (unpaired) electrons. The number of hydrogen-bond acceptors (Lipinski definition) is 5. The van der Waals surface area contributed by atoms with Crippen LogP contribution in [0.5, 0.6) is 0 Å². The highest BCUT2D eigenvalue weighted by Crippen LogP contribution is 2.24. The van der Waals surface area contributed by atoms with E-state index in [2.05, 4.69) is 20.4 Å². The Hall–Kier alpha value is -2.99. The van der Waals surface area contributed by atoms with E-state index in [4.69, 9.17) is 4.42 Å². The smallest absolute Gasteiger partial charge is 0.251 e. The van der Waals surface area contributed by atoms with Gasteiger partial charge >= 0.3 is 0 Å². The number of benzene rings is 2. The van der Waals surface area contributed by atoms with E-state index >= 15 is 0 Å². The van der Waals surface area contributed by atoms with Crippen LogP contribution < -0.4 is 5.32 Å². The number of aryl methyl sites for hydroxylation is 1. The van der Waals surface area contributed by atoms with Crippen molar-refractivity contribution in [2.45, 2.75) is 13.3 Å². The van der Waals surface area contributed by atoms with Crippen LogP contribution in [0.3, 0.4) is 0 Å². The fraction of sp³-hybridized carbons (Fsp3) is 0.286. The summed E-state index contributed by atoms with van der Waals surface area (Å²) in [5.74, 6) is 0.840. The van der Waals surface area contributed by atoms with Crippen molar-refractivity contribution in [1.82, 2.24) is 20.4 Å². The second-order valence-electron chi connectivity index (χ2n) is 6.77. The number of nitrogens with one attached hydrogen (secondary N) is 1. The first-order valence-corrected chi connectivity index (χ1v) is 8.97. The normalized spacial score (nSPS) is 11.0. The van der Waals surface area contributed by atoms with Crippen molar-refractivity contribution in [1.29, 1.82) is 0 Å². The molecule has 0 spiro atoms. The maximum Gasteiger partial charge on any atom is 0.251 e. The molecule has 1 aromatic heterocycles. The van der Waals surface area contributed by atoms with Gasteiger partial charge in [0.25, 0.3) is 5.91 Å². The SMILES string of the molecule is Cc1cccc(-c2nnc(-c3ccc(C(=O)NCCCN(C)C)cc3)o2)c1. The van der Waals surface area contributed by atoms with Crippen molar-refractivity contribution < 1.29 is 9.21 Å². The van der Waals surface area contributed by atoms with Gasteiger partial charge in [-0.15, -0.1) is 10.2 Å². The van der Waals surface area contributed by atoms with Gasteiger partial charge in [0, 0.05) is 23.2 Å². The van der Waals surface area contributed by atoms with Gasteiger partial charge in [0.05, 0.1) is 0 Å². The number of amides is 1. The van der Waals surface area contributed by atoms with E-state index in [0.717, 1.165) is 29.7 Å². The van der Waals surface area contributed by atoms with Gasteiger partial charge in [-0.1, -0.05) is 17.7 Å².